The van der Waals surface area contributed by atoms with Crippen molar-refractivity contribution >= 4 is 72.6 Å². The zero-order valence-corrected chi connectivity index (χ0v) is 41.5. The number of piperidine rings is 1. The number of benzene rings is 3. The van der Waals surface area contributed by atoms with Crippen LogP contribution in [0.2, 0.25) is 5.02 Å². The molecule has 10 rings (SSSR count). The topological polar surface area (TPSA) is 179 Å². The Bertz CT molecular complexity index is 2890. The Morgan fingerprint density at radius 2 is 1.69 bits per heavy atom. The summed E-state index contributed by atoms with van der Waals surface area (Å²) in [6.07, 6.45) is 9.22. The van der Waals surface area contributed by atoms with E-state index in [0.29, 0.717) is 48.5 Å². The number of sulfonamides is 1. The van der Waals surface area contributed by atoms with Crippen LogP contribution in [0.25, 0.3) is 16.6 Å². The molecule has 5 aromatic rings. The minimum Gasteiger partial charge on any atom is -0.476 e. The molecule has 0 saturated carbocycles. The molecule has 3 saturated heterocycles. The number of allylic oxidation sites excluding steroid dienone is 1. The van der Waals surface area contributed by atoms with Crippen molar-refractivity contribution in [2.24, 2.45) is 5.41 Å². The number of aromatic nitrogens is 2. The minimum atomic E-state index is -4.58. The van der Waals surface area contributed by atoms with Gasteiger partial charge in [0.1, 0.15) is 17.0 Å². The number of amides is 1. The largest absolute Gasteiger partial charge is 0.476 e. The van der Waals surface area contributed by atoms with Crippen LogP contribution in [-0.2, 0) is 14.8 Å². The molecule has 1 amide bonds. The number of pyridine rings is 1. The summed E-state index contributed by atoms with van der Waals surface area (Å²) in [5.74, 6) is -0.468. The second-order valence-electron chi connectivity index (χ2n) is 20.1. The first-order chi connectivity index (χ1) is 33.8. The fourth-order valence-electron chi connectivity index (χ4n) is 10.9. The van der Waals surface area contributed by atoms with Gasteiger partial charge in [0.05, 0.1) is 27.7 Å². The number of ether oxygens (including phenoxy) is 2. The van der Waals surface area contributed by atoms with E-state index < -0.39 is 20.9 Å². The second-order valence-corrected chi connectivity index (χ2v) is 22.3. The number of nitro benzene ring substituents is 1. The van der Waals surface area contributed by atoms with E-state index in [-0.39, 0.29) is 33.3 Å². The molecule has 0 bridgehead atoms. The summed E-state index contributed by atoms with van der Waals surface area (Å²) < 4.78 is 42.2. The number of fused-ring (bicyclic) bond motifs is 2. The van der Waals surface area contributed by atoms with Crippen LogP contribution in [0.4, 0.5) is 28.4 Å². The summed E-state index contributed by atoms with van der Waals surface area (Å²) in [5.41, 5.74) is 7.04. The van der Waals surface area contributed by atoms with E-state index in [1.165, 1.54) is 28.8 Å². The molecule has 3 fully saturated rings. The summed E-state index contributed by atoms with van der Waals surface area (Å²) in [6, 6.07) is 21.8. The number of hydrogen-bond donors (Lipinski definition) is 3. The summed E-state index contributed by atoms with van der Waals surface area (Å²) >= 11 is 6.29. The van der Waals surface area contributed by atoms with E-state index in [9.17, 15) is 23.3 Å². The number of nitrogens with one attached hydrogen (secondary N) is 3. The van der Waals surface area contributed by atoms with Gasteiger partial charge in [-0.05, 0) is 123 Å². The molecule has 2 aromatic heterocycles. The van der Waals surface area contributed by atoms with Crippen molar-refractivity contribution in [2.45, 2.75) is 82.2 Å². The van der Waals surface area contributed by atoms with Gasteiger partial charge < -0.3 is 34.5 Å². The lowest BCUT2D eigenvalue weighted by Gasteiger charge is -2.39. The smallest absolute Gasteiger partial charge is 0.293 e. The van der Waals surface area contributed by atoms with Crippen LogP contribution < -0.4 is 24.6 Å². The summed E-state index contributed by atoms with van der Waals surface area (Å²) in [6.45, 7) is 12.9. The Morgan fingerprint density at radius 3 is 2.44 bits per heavy atom. The lowest BCUT2D eigenvalue weighted by atomic mass is 9.72. The normalized spacial score (nSPS) is 19.9. The lowest BCUT2D eigenvalue weighted by Crippen LogP contribution is -2.47. The van der Waals surface area contributed by atoms with Crippen molar-refractivity contribution in [3.8, 4) is 5.88 Å². The van der Waals surface area contributed by atoms with Gasteiger partial charge in [-0.3, -0.25) is 19.8 Å². The average molecular weight is 993 g/mol. The van der Waals surface area contributed by atoms with Crippen LogP contribution in [0.15, 0.2) is 89.5 Å². The van der Waals surface area contributed by atoms with E-state index >= 15 is 0 Å². The fourth-order valence-corrected chi connectivity index (χ4v) is 12.0. The molecule has 0 spiro atoms. The summed E-state index contributed by atoms with van der Waals surface area (Å²) in [7, 11) is -4.58. The fraction of sp³-hybridized carbons (Fsp3) is 0.462. The standard InChI is InChI=1S/C52H62ClN9O7S/c1-52(2)18-12-37(44(33-52)35-4-6-38(53)7-5-35)34-58-23-25-60(26-24-58)41-8-10-43(46(31-41)61-20-3-27-69-51-48(61)30-36-13-19-54-49(36)56-51)50(63)57-70(66,67)42-9-11-45(47(32-42)62(64)65)55-39-14-21-59(22-15-39)40-16-28-68-29-17-40/h4-11,13,19,30-32,39-40,55H,3,12,14-18,20-29,33-34H2,1-2H3,(H,54,56)(H,57,63). The van der Waals surface area contributed by atoms with Crippen molar-refractivity contribution in [1.82, 2.24) is 24.5 Å². The Kier molecular flexibility index (Phi) is 13.8. The Morgan fingerprint density at radius 1 is 0.914 bits per heavy atom. The van der Waals surface area contributed by atoms with Crippen LogP contribution in [0, 0.1) is 15.5 Å². The first-order valence-electron chi connectivity index (χ1n) is 24.7. The van der Waals surface area contributed by atoms with Crippen molar-refractivity contribution in [3.05, 3.63) is 111 Å². The molecule has 0 unspecified atom stereocenters. The number of carbonyl (C=O) groups is 1. The van der Waals surface area contributed by atoms with Crippen molar-refractivity contribution in [1.29, 1.82) is 0 Å². The maximum atomic E-state index is 14.5. The van der Waals surface area contributed by atoms with E-state index in [2.05, 4.69) is 55.7 Å². The maximum absolute atomic E-state index is 14.5. The molecule has 3 N–H and O–H groups in total. The molecular formula is C52H62ClN9O7S. The van der Waals surface area contributed by atoms with Gasteiger partial charge in [-0.1, -0.05) is 43.2 Å². The lowest BCUT2D eigenvalue weighted by molar-refractivity contribution is -0.384. The van der Waals surface area contributed by atoms with Crippen molar-refractivity contribution < 1.29 is 27.6 Å². The molecule has 18 heteroatoms. The highest BCUT2D eigenvalue weighted by Gasteiger charge is 2.33. The molecule has 0 atom stereocenters. The van der Waals surface area contributed by atoms with Gasteiger partial charge in [-0.25, -0.2) is 13.1 Å². The van der Waals surface area contributed by atoms with Gasteiger partial charge in [0, 0.05) is 106 Å². The molecule has 6 heterocycles. The van der Waals surface area contributed by atoms with Gasteiger partial charge in [-0.15, -0.1) is 0 Å². The number of likely N-dealkylation sites (tertiary alicyclic amines) is 1. The Labute approximate surface area is 414 Å². The molecule has 70 heavy (non-hydrogen) atoms. The van der Waals surface area contributed by atoms with Crippen LogP contribution in [0.3, 0.4) is 0 Å². The minimum absolute atomic E-state index is 0.0127. The Hall–Kier alpha value is -5.72. The quantitative estimate of drug-likeness (QED) is 0.0798. The summed E-state index contributed by atoms with van der Waals surface area (Å²) in [5, 5.41) is 17.4. The van der Waals surface area contributed by atoms with Crippen LogP contribution in [0.1, 0.15) is 81.1 Å². The van der Waals surface area contributed by atoms with Gasteiger partial charge in [0.15, 0.2) is 0 Å². The molecular weight excluding hydrogens is 930 g/mol. The monoisotopic (exact) mass is 991 g/mol. The number of rotatable bonds is 12. The number of aromatic amines is 1. The first-order valence-corrected chi connectivity index (χ1v) is 26.5. The number of piperazine rings is 1. The number of halogens is 1. The first kappa shape index (κ1) is 47.9. The number of nitrogens with zero attached hydrogens (tertiary/aromatic N) is 6. The molecule has 3 aromatic carbocycles. The van der Waals surface area contributed by atoms with Gasteiger partial charge in [-0.2, -0.15) is 4.98 Å². The number of H-pyrrole nitrogens is 1. The zero-order chi connectivity index (χ0) is 48.6. The van der Waals surface area contributed by atoms with Crippen LogP contribution in [-0.4, -0.2) is 123 Å². The molecule has 1 aliphatic carbocycles. The third-order valence-electron chi connectivity index (χ3n) is 14.9. The van der Waals surface area contributed by atoms with Crippen molar-refractivity contribution in [2.75, 3.05) is 87.3 Å². The third-order valence-corrected chi connectivity index (χ3v) is 16.5. The molecule has 16 nitrogen and oxygen atoms in total. The average Bonchev–Trinajstić information content (AvgIpc) is 3.72. The van der Waals surface area contributed by atoms with Crippen LogP contribution >= 0.6 is 11.6 Å². The third kappa shape index (κ3) is 10.5. The molecule has 5 aliphatic rings. The SMILES string of the molecule is CC1(C)CCC(CN2CCN(c3ccc(C(=O)NS(=O)(=O)c4ccc(NC5CCN(C6CCOCC6)CC5)c([N+](=O)[O-])c4)c(N4CCCOc5nc6[nH]ccc6cc54)c3)CC2)=C(c2ccc(Cl)cc2)C1. The van der Waals surface area contributed by atoms with E-state index in [0.717, 1.165) is 126 Å². The highest BCUT2D eigenvalue weighted by molar-refractivity contribution is 7.90. The highest BCUT2D eigenvalue weighted by atomic mass is 35.5. The number of nitro groups is 1. The molecule has 370 valence electrons. The second kappa shape index (κ2) is 20.2. The van der Waals surface area contributed by atoms with E-state index in [1.54, 1.807) is 12.3 Å². The molecule has 0 radical (unpaired) electrons. The number of carbonyl (C=O) groups excluding carboxylic acids is 1. The Balaban J connectivity index is 0.893. The van der Waals surface area contributed by atoms with Crippen LogP contribution in [0.5, 0.6) is 5.88 Å². The predicted octanol–water partition coefficient (Wildman–Crippen LogP) is 9.01. The number of anilines is 4. The van der Waals surface area contributed by atoms with E-state index in [1.807, 2.05) is 41.3 Å². The van der Waals surface area contributed by atoms with Crippen molar-refractivity contribution in [3.63, 3.8) is 0 Å². The summed E-state index contributed by atoms with van der Waals surface area (Å²) in [4.78, 5) is 43.2. The molecule has 4 aliphatic heterocycles. The van der Waals surface area contributed by atoms with Gasteiger partial charge in [0.25, 0.3) is 21.6 Å². The zero-order valence-electron chi connectivity index (χ0n) is 39.9. The predicted molar refractivity (Wildman–Crippen MR) is 274 cm³/mol. The maximum Gasteiger partial charge on any atom is 0.293 e. The van der Waals surface area contributed by atoms with E-state index in [4.69, 9.17) is 26.1 Å². The number of hydrogen-bond acceptors (Lipinski definition) is 13. The van der Waals surface area contributed by atoms with Gasteiger partial charge in [0.2, 0.25) is 5.88 Å². The van der Waals surface area contributed by atoms with Gasteiger partial charge >= 0.3 is 0 Å². The highest BCUT2D eigenvalue weighted by Crippen LogP contribution is 2.44.